The van der Waals surface area contributed by atoms with Crippen molar-refractivity contribution in [1.29, 1.82) is 0 Å². The number of hydrazine groups is 1. The van der Waals surface area contributed by atoms with Crippen LogP contribution in [0.25, 0.3) is 18.2 Å². The molecule has 5 aromatic rings. The number of anilines is 2. The van der Waals surface area contributed by atoms with E-state index in [1.54, 1.807) is 82.0 Å². The average Bonchev–Trinajstić information content (AvgIpc) is 3.71. The van der Waals surface area contributed by atoms with Crippen molar-refractivity contribution in [1.82, 2.24) is 5.01 Å². The van der Waals surface area contributed by atoms with Crippen LogP contribution in [-0.2, 0) is 24.6 Å². The zero-order valence-corrected chi connectivity index (χ0v) is 37.9. The molecule has 2 aliphatic heterocycles. The van der Waals surface area contributed by atoms with Crippen LogP contribution >= 0.6 is 23.2 Å². The fourth-order valence-electron chi connectivity index (χ4n) is 10.2. The van der Waals surface area contributed by atoms with E-state index in [9.17, 15) is 14.7 Å². The van der Waals surface area contributed by atoms with Crippen molar-refractivity contribution in [3.63, 3.8) is 0 Å². The maximum Gasteiger partial charge on any atom is 0.260 e. The van der Waals surface area contributed by atoms with E-state index >= 15 is 9.59 Å². The molecule has 0 radical (unpaired) electrons. The van der Waals surface area contributed by atoms with E-state index in [1.165, 1.54) is 24.1 Å². The van der Waals surface area contributed by atoms with Gasteiger partial charge in [0.2, 0.25) is 11.8 Å². The van der Waals surface area contributed by atoms with Gasteiger partial charge in [0.1, 0.15) is 17.2 Å². The number of ether oxygens (including phenoxy) is 4. The summed E-state index contributed by atoms with van der Waals surface area (Å²) in [5.74, 6) is -3.53. The highest BCUT2D eigenvalue weighted by atomic mass is 35.5. The molecule has 5 aromatic carbocycles. The summed E-state index contributed by atoms with van der Waals surface area (Å²) >= 11 is 12.8. The normalized spacial score (nSPS) is 23.5. The summed E-state index contributed by atoms with van der Waals surface area (Å²) in [6.45, 7) is 0. The first-order valence-corrected chi connectivity index (χ1v) is 22.0. The number of imide groups is 2. The number of nitrogens with one attached hydrogen (secondary N) is 1. The molecule has 2 heterocycles. The van der Waals surface area contributed by atoms with Gasteiger partial charge in [-0.3, -0.25) is 29.5 Å². The van der Waals surface area contributed by atoms with E-state index in [2.05, 4.69) is 5.43 Å². The van der Waals surface area contributed by atoms with E-state index in [0.717, 1.165) is 21.7 Å². The van der Waals surface area contributed by atoms with Gasteiger partial charge >= 0.3 is 0 Å². The molecule has 66 heavy (non-hydrogen) atoms. The predicted molar refractivity (Wildman–Crippen MR) is 252 cm³/mol. The quantitative estimate of drug-likeness (QED) is 0.0706. The molecule has 4 aliphatic rings. The minimum atomic E-state index is -1.54. The Morgan fingerprint density at radius 1 is 0.697 bits per heavy atom. The lowest BCUT2D eigenvalue weighted by Crippen LogP contribution is -2.54. The van der Waals surface area contributed by atoms with Crippen molar-refractivity contribution in [3.8, 4) is 28.7 Å². The van der Waals surface area contributed by atoms with Crippen LogP contribution in [0.1, 0.15) is 35.1 Å². The van der Waals surface area contributed by atoms with Crippen LogP contribution in [0.4, 0.5) is 11.4 Å². The predicted octanol–water partition coefficient (Wildman–Crippen LogP) is 9.64. The number of methoxy groups -OCH3 is 4. The first-order chi connectivity index (χ1) is 31.9. The van der Waals surface area contributed by atoms with Gasteiger partial charge in [0.25, 0.3) is 11.8 Å². The second-order valence-corrected chi connectivity index (χ2v) is 17.4. The molecule has 0 aromatic heterocycles. The zero-order valence-electron chi connectivity index (χ0n) is 36.4. The maximum absolute atomic E-state index is 15.5. The molecule has 336 valence electrons. The Kier molecular flexibility index (Phi) is 11.9. The lowest BCUT2D eigenvalue weighted by molar-refractivity contribution is -0.139. The van der Waals surface area contributed by atoms with Crippen molar-refractivity contribution in [2.24, 2.45) is 29.6 Å². The van der Waals surface area contributed by atoms with Gasteiger partial charge in [-0.15, -0.1) is 0 Å². The first kappa shape index (κ1) is 44.2. The number of benzene rings is 5. The van der Waals surface area contributed by atoms with Crippen LogP contribution in [0.15, 0.2) is 121 Å². The van der Waals surface area contributed by atoms with Crippen molar-refractivity contribution in [2.75, 3.05) is 38.8 Å². The summed E-state index contributed by atoms with van der Waals surface area (Å²) in [6, 6.07) is 29.4. The third-order valence-electron chi connectivity index (χ3n) is 13.4. The van der Waals surface area contributed by atoms with Gasteiger partial charge in [-0.2, -0.15) is 5.01 Å². The van der Waals surface area contributed by atoms with Gasteiger partial charge in [-0.25, -0.2) is 0 Å². The van der Waals surface area contributed by atoms with Crippen molar-refractivity contribution >= 4 is 76.4 Å². The molecule has 4 amide bonds. The van der Waals surface area contributed by atoms with Gasteiger partial charge in [0, 0.05) is 16.5 Å². The van der Waals surface area contributed by atoms with E-state index < -0.39 is 46.8 Å². The fourth-order valence-corrected chi connectivity index (χ4v) is 10.7. The highest BCUT2D eigenvalue weighted by Gasteiger charge is 2.69. The smallest absolute Gasteiger partial charge is 0.260 e. The molecule has 6 atom stereocenters. The summed E-state index contributed by atoms with van der Waals surface area (Å²) in [5.41, 5.74) is 5.83. The number of fused-ring (bicyclic) bond motifs is 4. The van der Waals surface area contributed by atoms with Crippen LogP contribution in [0.5, 0.6) is 28.7 Å². The summed E-state index contributed by atoms with van der Waals surface area (Å²) in [5, 5.41) is 12.0. The molecule has 2 aliphatic carbocycles. The van der Waals surface area contributed by atoms with Gasteiger partial charge in [-0.1, -0.05) is 89.5 Å². The van der Waals surface area contributed by atoms with Crippen LogP contribution in [0, 0.1) is 29.6 Å². The Morgan fingerprint density at radius 2 is 1.41 bits per heavy atom. The number of nitrogens with zero attached hydrogens (tertiary/aromatic N) is 2. The number of amides is 4. The second-order valence-electron chi connectivity index (χ2n) is 16.6. The topological polar surface area (TPSA) is 144 Å². The number of carbonyl (C=O) groups is 4. The molecule has 0 spiro atoms. The Morgan fingerprint density at radius 3 is 2.11 bits per heavy atom. The number of halogens is 2. The SMILES string of the molecule is COc1ccc([C@@]23C(=O)N(Nc4ccc(Cl)cc4Cl)C(=O)[C@@H]2C[C@@H]2C(=CC[C@@H]4C(=O)N(c5ccc(C=Cc6cc(OC)ccc6OC)cc5)C(=O)[C@@H]42)[C@@H]3C=Cc2ccc(O)c(OC)c2)cc1. The Balaban J connectivity index is 1.12. The average molecular weight is 927 g/mol. The largest absolute Gasteiger partial charge is 0.504 e. The lowest BCUT2D eigenvalue weighted by atomic mass is 9.50. The van der Waals surface area contributed by atoms with Crippen molar-refractivity contribution in [3.05, 3.63) is 153 Å². The third-order valence-corrected chi connectivity index (χ3v) is 13.9. The standard InChI is InChI=1S/C52H45Cl2N3O9/c1-63-35-16-11-32(12-17-35)52-40(21-8-30-9-23-44(58)46(25-30)66-4)37-19-20-38-47(39(37)28-41(52)49(60)57(51(52)62)55-43-22-13-33(53)27-42(43)54)50(61)56(48(38)59)34-14-6-29(7-15-34)5-10-31-26-36(64-2)18-24-45(31)65-3/h5-19,21-27,38-41,47,55,58H,20,28H2,1-4H3/t38-,39+,40-,41-,47-,52-/m0/s1. The molecule has 2 N–H and O–H groups in total. The molecular weight excluding hydrogens is 881 g/mol. The Bertz CT molecular complexity index is 2860. The molecule has 3 fully saturated rings. The van der Waals surface area contributed by atoms with Crippen LogP contribution in [0.3, 0.4) is 0 Å². The van der Waals surface area contributed by atoms with Gasteiger partial charge < -0.3 is 24.1 Å². The molecule has 0 bridgehead atoms. The number of hydrogen-bond donors (Lipinski definition) is 2. The number of hydrogen-bond acceptors (Lipinski definition) is 10. The highest BCUT2D eigenvalue weighted by Crippen LogP contribution is 2.62. The summed E-state index contributed by atoms with van der Waals surface area (Å²) in [4.78, 5) is 61.3. The lowest BCUT2D eigenvalue weighted by Gasteiger charge is -2.49. The third kappa shape index (κ3) is 7.43. The molecule has 0 unspecified atom stereocenters. The van der Waals surface area contributed by atoms with Gasteiger partial charge in [-0.05, 0) is 108 Å². The second kappa shape index (κ2) is 17.8. The van der Waals surface area contributed by atoms with E-state index in [0.29, 0.717) is 44.8 Å². The van der Waals surface area contributed by atoms with Gasteiger partial charge in [0.15, 0.2) is 11.5 Å². The minimum absolute atomic E-state index is 0.0451. The van der Waals surface area contributed by atoms with Crippen LogP contribution < -0.4 is 29.3 Å². The number of rotatable bonds is 12. The van der Waals surface area contributed by atoms with E-state index in [1.807, 2.05) is 60.7 Å². The highest BCUT2D eigenvalue weighted by molar-refractivity contribution is 6.36. The molecule has 12 nitrogen and oxygen atoms in total. The number of allylic oxidation sites excluding steroid dienone is 3. The van der Waals surface area contributed by atoms with Crippen LogP contribution in [0.2, 0.25) is 10.0 Å². The fraction of sp³-hybridized carbons (Fsp3) is 0.231. The number of carbonyl (C=O) groups excluding carboxylic acids is 4. The van der Waals surface area contributed by atoms with E-state index in [-0.39, 0.29) is 41.2 Å². The first-order valence-electron chi connectivity index (χ1n) is 21.3. The summed E-state index contributed by atoms with van der Waals surface area (Å²) < 4.78 is 21.8. The Hall–Kier alpha value is -7.02. The monoisotopic (exact) mass is 925 g/mol. The van der Waals surface area contributed by atoms with Crippen LogP contribution in [-0.4, -0.2) is 62.2 Å². The maximum atomic E-state index is 15.5. The Labute approximate surface area is 391 Å². The summed E-state index contributed by atoms with van der Waals surface area (Å²) in [7, 11) is 6.19. The summed E-state index contributed by atoms with van der Waals surface area (Å²) in [6.07, 6.45) is 9.84. The molecule has 2 saturated heterocycles. The van der Waals surface area contributed by atoms with Gasteiger partial charge in [0.05, 0.1) is 68.0 Å². The molecule has 9 rings (SSSR count). The van der Waals surface area contributed by atoms with Crippen molar-refractivity contribution in [2.45, 2.75) is 18.3 Å². The minimum Gasteiger partial charge on any atom is -0.504 e. The number of phenols is 1. The number of phenolic OH excluding ortho intramolecular Hbond substituents is 1. The van der Waals surface area contributed by atoms with Crippen molar-refractivity contribution < 1.29 is 43.2 Å². The molecule has 1 saturated carbocycles. The number of aromatic hydroxyl groups is 1. The zero-order chi connectivity index (χ0) is 46.4. The molecular formula is C52H45Cl2N3O9. The van der Waals surface area contributed by atoms with E-state index in [4.69, 9.17) is 42.1 Å². The molecule has 14 heteroatoms.